The van der Waals surface area contributed by atoms with Gasteiger partial charge in [-0.2, -0.15) is 0 Å². The molecule has 2 heterocycles. The average Bonchev–Trinajstić information content (AvgIpc) is 3.16. The van der Waals surface area contributed by atoms with E-state index in [2.05, 4.69) is 63.9 Å². The first kappa shape index (κ1) is 18.9. The Kier molecular flexibility index (Phi) is 7.09. The van der Waals surface area contributed by atoms with E-state index in [4.69, 9.17) is 5.73 Å². The van der Waals surface area contributed by atoms with Gasteiger partial charge in [0.15, 0.2) is 5.96 Å². The van der Waals surface area contributed by atoms with E-state index < -0.39 is 0 Å². The summed E-state index contributed by atoms with van der Waals surface area (Å²) in [7, 11) is 0. The minimum atomic E-state index is 0.521. The van der Waals surface area contributed by atoms with Gasteiger partial charge in [-0.3, -0.25) is 4.90 Å². The van der Waals surface area contributed by atoms with Crippen LogP contribution in [0.1, 0.15) is 35.8 Å². The van der Waals surface area contributed by atoms with Gasteiger partial charge in [-0.15, -0.1) is 11.3 Å². The van der Waals surface area contributed by atoms with Gasteiger partial charge in [-0.05, 0) is 60.8 Å². The Morgan fingerprint density at radius 3 is 2.62 bits per heavy atom. The number of rotatable bonds is 7. The fourth-order valence-electron chi connectivity index (χ4n) is 3.23. The maximum atomic E-state index is 5.96. The van der Waals surface area contributed by atoms with E-state index in [1.165, 1.54) is 41.9 Å². The minimum Gasteiger partial charge on any atom is -0.370 e. The van der Waals surface area contributed by atoms with E-state index in [0.29, 0.717) is 12.5 Å². The summed E-state index contributed by atoms with van der Waals surface area (Å²) in [5.74, 6) is 1.41. The second-order valence-corrected chi connectivity index (χ2v) is 8.27. The maximum Gasteiger partial charge on any atom is 0.188 e. The van der Waals surface area contributed by atoms with Crippen molar-refractivity contribution in [1.82, 2.24) is 10.2 Å². The number of piperidine rings is 1. The van der Waals surface area contributed by atoms with Crippen molar-refractivity contribution in [3.63, 3.8) is 0 Å². The van der Waals surface area contributed by atoms with E-state index in [-0.39, 0.29) is 0 Å². The fourth-order valence-corrected chi connectivity index (χ4v) is 3.94. The topological polar surface area (TPSA) is 53.6 Å². The van der Waals surface area contributed by atoms with E-state index >= 15 is 0 Å². The number of guanidine groups is 1. The van der Waals surface area contributed by atoms with Gasteiger partial charge in [0.25, 0.3) is 0 Å². The largest absolute Gasteiger partial charge is 0.370 e. The molecule has 3 N–H and O–H groups in total. The molecule has 0 bridgehead atoms. The normalized spacial score (nSPS) is 16.7. The van der Waals surface area contributed by atoms with Crippen LogP contribution in [0, 0.1) is 5.92 Å². The van der Waals surface area contributed by atoms with Gasteiger partial charge in [0, 0.05) is 18.0 Å². The zero-order chi connectivity index (χ0) is 18.2. The molecule has 3 rings (SSSR count). The van der Waals surface area contributed by atoms with Crippen LogP contribution in [0.5, 0.6) is 0 Å². The molecule has 1 saturated heterocycles. The lowest BCUT2D eigenvalue weighted by Crippen LogP contribution is -2.33. The van der Waals surface area contributed by atoms with Gasteiger partial charge in [-0.25, -0.2) is 4.99 Å². The molecule has 5 heteroatoms. The molecule has 1 aliphatic rings. The van der Waals surface area contributed by atoms with Gasteiger partial charge in [0.05, 0.1) is 6.54 Å². The first-order valence-electron chi connectivity index (χ1n) is 9.55. The molecule has 0 radical (unpaired) electrons. The summed E-state index contributed by atoms with van der Waals surface area (Å²) in [6, 6.07) is 13.0. The van der Waals surface area contributed by atoms with Crippen LogP contribution >= 0.6 is 11.3 Å². The highest BCUT2D eigenvalue weighted by Gasteiger charge is 2.15. The number of likely N-dealkylation sites (tertiary alicyclic amines) is 1. The zero-order valence-electron chi connectivity index (χ0n) is 15.7. The molecule has 2 aromatic rings. The lowest BCUT2D eigenvalue weighted by atomic mass is 9.99. The molecule has 0 atom stereocenters. The van der Waals surface area contributed by atoms with E-state index in [1.54, 1.807) is 11.3 Å². The smallest absolute Gasteiger partial charge is 0.188 e. The number of benzene rings is 1. The molecule has 1 aliphatic heterocycles. The Hall–Kier alpha value is -1.85. The van der Waals surface area contributed by atoms with Gasteiger partial charge >= 0.3 is 0 Å². The molecule has 1 aromatic heterocycles. The van der Waals surface area contributed by atoms with Crippen molar-refractivity contribution >= 4 is 17.3 Å². The van der Waals surface area contributed by atoms with Crippen molar-refractivity contribution in [3.05, 3.63) is 57.8 Å². The number of nitrogens with one attached hydrogen (secondary N) is 1. The molecule has 0 amide bonds. The first-order valence-corrected chi connectivity index (χ1v) is 10.4. The summed E-state index contributed by atoms with van der Waals surface area (Å²) in [5.41, 5.74) is 8.54. The third kappa shape index (κ3) is 6.15. The van der Waals surface area contributed by atoms with Crippen LogP contribution in [0.3, 0.4) is 0 Å². The quantitative estimate of drug-likeness (QED) is 0.578. The van der Waals surface area contributed by atoms with Gasteiger partial charge < -0.3 is 11.1 Å². The third-order valence-corrected chi connectivity index (χ3v) is 5.93. The standard InChI is InChI=1S/C21H30N4S/c1-17-9-12-25(13-10-17)16-19-6-4-18(5-7-19)15-24-21(22)23-11-8-20-3-2-14-26-20/h2-7,14,17H,8-13,15-16H2,1H3,(H3,22,23,24). The molecule has 0 aliphatic carbocycles. The predicted molar refractivity (Wildman–Crippen MR) is 111 cm³/mol. The molecule has 0 unspecified atom stereocenters. The number of aliphatic imine (C=N–C) groups is 1. The first-order chi connectivity index (χ1) is 12.7. The number of hydrogen-bond acceptors (Lipinski definition) is 3. The van der Waals surface area contributed by atoms with Crippen LogP contribution in [-0.2, 0) is 19.5 Å². The summed E-state index contributed by atoms with van der Waals surface area (Å²) in [4.78, 5) is 8.37. The molecule has 26 heavy (non-hydrogen) atoms. The van der Waals surface area contributed by atoms with Gasteiger partial charge in [0.2, 0.25) is 0 Å². The number of nitrogens with two attached hydrogens (primary N) is 1. The molecule has 140 valence electrons. The monoisotopic (exact) mass is 370 g/mol. The van der Waals surface area contributed by atoms with Gasteiger partial charge in [0.1, 0.15) is 0 Å². The second-order valence-electron chi connectivity index (χ2n) is 7.23. The van der Waals surface area contributed by atoms with Crippen molar-refractivity contribution in [2.24, 2.45) is 16.6 Å². The zero-order valence-corrected chi connectivity index (χ0v) is 16.5. The molecule has 1 aromatic carbocycles. The van der Waals surface area contributed by atoms with Crippen molar-refractivity contribution in [2.75, 3.05) is 19.6 Å². The SMILES string of the molecule is CC1CCN(Cc2ccc(CN=C(N)NCCc3cccs3)cc2)CC1. The molecule has 0 spiro atoms. The average molecular weight is 371 g/mol. The van der Waals surface area contributed by atoms with Crippen LogP contribution in [0.15, 0.2) is 46.8 Å². The molecule has 1 fully saturated rings. The highest BCUT2D eigenvalue weighted by atomic mass is 32.1. The van der Waals surface area contributed by atoms with Crippen molar-refractivity contribution in [3.8, 4) is 0 Å². The van der Waals surface area contributed by atoms with Crippen molar-refractivity contribution < 1.29 is 0 Å². The Morgan fingerprint density at radius 1 is 1.19 bits per heavy atom. The lowest BCUT2D eigenvalue weighted by molar-refractivity contribution is 0.185. The number of hydrogen-bond donors (Lipinski definition) is 2. The second kappa shape index (κ2) is 9.74. The highest BCUT2D eigenvalue weighted by molar-refractivity contribution is 7.09. The fraction of sp³-hybridized carbons (Fsp3) is 0.476. The molecular formula is C21H30N4S. The predicted octanol–water partition coefficient (Wildman–Crippen LogP) is 3.63. The van der Waals surface area contributed by atoms with E-state index in [9.17, 15) is 0 Å². The molecular weight excluding hydrogens is 340 g/mol. The van der Waals surface area contributed by atoms with Crippen molar-refractivity contribution in [1.29, 1.82) is 0 Å². The lowest BCUT2D eigenvalue weighted by Gasteiger charge is -2.30. The summed E-state index contributed by atoms with van der Waals surface area (Å²) < 4.78 is 0. The number of thiophene rings is 1. The van der Waals surface area contributed by atoms with Crippen LogP contribution < -0.4 is 11.1 Å². The summed E-state index contributed by atoms with van der Waals surface area (Å²) in [6.07, 6.45) is 3.63. The Balaban J connectivity index is 1.40. The van der Waals surface area contributed by atoms with Crippen LogP contribution in [0.25, 0.3) is 0 Å². The molecule has 0 saturated carbocycles. The van der Waals surface area contributed by atoms with Crippen molar-refractivity contribution in [2.45, 2.75) is 39.3 Å². The van der Waals surface area contributed by atoms with Gasteiger partial charge in [-0.1, -0.05) is 37.3 Å². The van der Waals surface area contributed by atoms with E-state index in [1.807, 2.05) is 0 Å². The minimum absolute atomic E-state index is 0.521. The molecule has 4 nitrogen and oxygen atoms in total. The maximum absolute atomic E-state index is 5.96. The number of nitrogens with zero attached hydrogens (tertiary/aromatic N) is 2. The Bertz CT molecular complexity index is 671. The Labute approximate surface area is 161 Å². The third-order valence-electron chi connectivity index (χ3n) is 5.00. The highest BCUT2D eigenvalue weighted by Crippen LogP contribution is 2.18. The summed E-state index contributed by atoms with van der Waals surface area (Å²) in [6.45, 7) is 7.31. The van der Waals surface area contributed by atoms with E-state index in [0.717, 1.165) is 25.4 Å². The van der Waals surface area contributed by atoms with Crippen LogP contribution in [0.4, 0.5) is 0 Å². The van der Waals surface area contributed by atoms with Crippen LogP contribution in [-0.4, -0.2) is 30.5 Å². The summed E-state index contributed by atoms with van der Waals surface area (Å²) in [5, 5.41) is 5.29. The Morgan fingerprint density at radius 2 is 1.92 bits per heavy atom. The van der Waals surface area contributed by atoms with Crippen LogP contribution in [0.2, 0.25) is 0 Å². The summed E-state index contributed by atoms with van der Waals surface area (Å²) >= 11 is 1.77.